The molecular formula is C45H39N3O4S. The van der Waals surface area contributed by atoms with Crippen molar-refractivity contribution in [2.75, 3.05) is 10.6 Å². The Bertz CT molecular complexity index is 2190. The lowest BCUT2D eigenvalue weighted by Crippen LogP contribution is -2.30. The third-order valence-electron chi connectivity index (χ3n) is 8.14. The van der Waals surface area contributed by atoms with Crippen LogP contribution in [0.2, 0.25) is 0 Å². The van der Waals surface area contributed by atoms with Crippen LogP contribution in [-0.2, 0) is 16.2 Å². The van der Waals surface area contributed by atoms with E-state index in [1.165, 1.54) is 11.8 Å². The van der Waals surface area contributed by atoms with Gasteiger partial charge < -0.3 is 20.7 Å². The first-order valence-corrected chi connectivity index (χ1v) is 18.0. The van der Waals surface area contributed by atoms with E-state index in [1.54, 1.807) is 36.4 Å². The molecule has 0 aliphatic rings. The number of ether oxygens (including phenoxy) is 1. The topological polar surface area (TPSA) is 96.5 Å². The van der Waals surface area contributed by atoms with E-state index in [2.05, 4.69) is 22.0 Å². The Kier molecular flexibility index (Phi) is 12.2. The number of amides is 3. The van der Waals surface area contributed by atoms with Crippen LogP contribution in [0.1, 0.15) is 43.4 Å². The number of benzene rings is 6. The van der Waals surface area contributed by atoms with E-state index < -0.39 is 17.1 Å². The number of hydrogen-bond acceptors (Lipinski definition) is 5. The van der Waals surface area contributed by atoms with Gasteiger partial charge in [-0.25, -0.2) is 0 Å². The highest BCUT2D eigenvalue weighted by Gasteiger charge is 2.23. The number of hydrogen-bond donors (Lipinski definition) is 3. The maximum absolute atomic E-state index is 13.8. The third-order valence-corrected chi connectivity index (χ3v) is 9.39. The molecule has 6 aromatic rings. The van der Waals surface area contributed by atoms with E-state index in [0.717, 1.165) is 32.8 Å². The van der Waals surface area contributed by atoms with Gasteiger partial charge in [0, 0.05) is 21.8 Å². The van der Waals surface area contributed by atoms with Gasteiger partial charge in [0.25, 0.3) is 11.8 Å². The Morgan fingerprint density at radius 3 is 1.98 bits per heavy atom. The second kappa shape index (κ2) is 17.7. The summed E-state index contributed by atoms with van der Waals surface area (Å²) in [7, 11) is 0. The van der Waals surface area contributed by atoms with Crippen LogP contribution in [0.25, 0.3) is 6.08 Å². The third kappa shape index (κ3) is 10.6. The fraction of sp³-hybridized carbons (Fsp3) is 0.0889. The molecule has 3 N–H and O–H groups in total. The molecule has 264 valence electrons. The fourth-order valence-corrected chi connectivity index (χ4v) is 6.73. The van der Waals surface area contributed by atoms with Crippen LogP contribution in [0, 0.1) is 13.8 Å². The molecule has 1 unspecified atom stereocenters. The number of anilines is 2. The molecule has 0 aliphatic carbocycles. The molecule has 0 radical (unpaired) electrons. The predicted molar refractivity (Wildman–Crippen MR) is 214 cm³/mol. The molecule has 0 fully saturated rings. The van der Waals surface area contributed by atoms with E-state index in [-0.39, 0.29) is 11.6 Å². The Balaban J connectivity index is 1.21. The Labute approximate surface area is 314 Å². The highest BCUT2D eigenvalue weighted by atomic mass is 32.2. The molecule has 0 aliphatic heterocycles. The highest BCUT2D eigenvalue weighted by Crippen LogP contribution is 2.37. The zero-order valence-corrected chi connectivity index (χ0v) is 30.2. The fourth-order valence-electron chi connectivity index (χ4n) is 5.65. The SMILES string of the molecule is Cc1cc(C)cc(NC(=O)C(Sc2cccc(NC(=O)/C(=C\c3ccc(OCc4ccccc4)cc3)NC(=O)c3ccccc3)c2)c2ccccc2)c1. The monoisotopic (exact) mass is 717 g/mol. The van der Waals surface area contributed by atoms with Crippen LogP contribution in [-0.4, -0.2) is 17.7 Å². The summed E-state index contributed by atoms with van der Waals surface area (Å²) in [5.41, 5.74) is 6.44. The molecular weight excluding hydrogens is 679 g/mol. The van der Waals surface area contributed by atoms with Gasteiger partial charge in [0.15, 0.2) is 0 Å². The number of rotatable bonds is 13. The molecule has 6 rings (SSSR count). The number of aryl methyl sites for hydroxylation is 2. The number of nitrogens with one attached hydrogen (secondary N) is 3. The van der Waals surface area contributed by atoms with Crippen LogP contribution in [0.4, 0.5) is 11.4 Å². The largest absolute Gasteiger partial charge is 0.489 e. The van der Waals surface area contributed by atoms with Crippen molar-refractivity contribution in [3.63, 3.8) is 0 Å². The first-order valence-electron chi connectivity index (χ1n) is 17.2. The summed E-state index contributed by atoms with van der Waals surface area (Å²) in [4.78, 5) is 41.6. The molecule has 0 saturated carbocycles. The Hall–Kier alpha value is -6.38. The van der Waals surface area contributed by atoms with E-state index >= 15 is 0 Å². The van der Waals surface area contributed by atoms with Gasteiger partial charge in [0.1, 0.15) is 23.3 Å². The molecule has 1 atom stereocenters. The summed E-state index contributed by atoms with van der Waals surface area (Å²) >= 11 is 1.38. The summed E-state index contributed by atoms with van der Waals surface area (Å²) in [6, 6.07) is 48.8. The summed E-state index contributed by atoms with van der Waals surface area (Å²) in [6.45, 7) is 4.42. The van der Waals surface area contributed by atoms with Crippen molar-refractivity contribution in [3.8, 4) is 5.75 Å². The van der Waals surface area contributed by atoms with Crippen LogP contribution in [0.15, 0.2) is 168 Å². The second-order valence-corrected chi connectivity index (χ2v) is 13.7. The maximum atomic E-state index is 13.8. The van der Waals surface area contributed by atoms with Crippen molar-refractivity contribution in [2.24, 2.45) is 0 Å². The van der Waals surface area contributed by atoms with Crippen molar-refractivity contribution < 1.29 is 19.1 Å². The first kappa shape index (κ1) is 36.4. The lowest BCUT2D eigenvalue weighted by atomic mass is 10.1. The van der Waals surface area contributed by atoms with E-state index in [9.17, 15) is 14.4 Å². The van der Waals surface area contributed by atoms with Gasteiger partial charge in [-0.2, -0.15) is 0 Å². The van der Waals surface area contributed by atoms with Crippen LogP contribution >= 0.6 is 11.8 Å². The van der Waals surface area contributed by atoms with Gasteiger partial charge in [-0.05, 0) is 102 Å². The minimum absolute atomic E-state index is 0.0600. The summed E-state index contributed by atoms with van der Waals surface area (Å²) < 4.78 is 5.92. The van der Waals surface area contributed by atoms with E-state index in [0.29, 0.717) is 29.2 Å². The number of carbonyl (C=O) groups is 3. The van der Waals surface area contributed by atoms with Gasteiger partial charge in [-0.3, -0.25) is 14.4 Å². The molecule has 0 spiro atoms. The van der Waals surface area contributed by atoms with Gasteiger partial charge in [-0.1, -0.05) is 103 Å². The van der Waals surface area contributed by atoms with Crippen molar-refractivity contribution in [1.82, 2.24) is 5.32 Å². The number of carbonyl (C=O) groups excluding carboxylic acids is 3. The predicted octanol–water partition coefficient (Wildman–Crippen LogP) is 9.76. The van der Waals surface area contributed by atoms with Gasteiger partial charge in [0.2, 0.25) is 5.91 Å². The standard InChI is InChI=1S/C45H39N3O4S/c1-31-25-32(2)27-38(26-31)47-45(51)42(35-15-8-4-9-16-35)53-40-20-12-19-37(29-40)46-44(50)41(48-43(49)36-17-10-5-11-18-36)28-33-21-23-39(24-22-33)52-30-34-13-6-3-7-14-34/h3-29,42H,30H2,1-2H3,(H,46,50)(H,47,51)(H,48,49)/b41-28+. The quantitative estimate of drug-likeness (QED) is 0.0817. The Morgan fingerprint density at radius 1 is 0.660 bits per heavy atom. The maximum Gasteiger partial charge on any atom is 0.272 e. The van der Waals surface area contributed by atoms with E-state index in [4.69, 9.17) is 4.74 Å². The van der Waals surface area contributed by atoms with Crippen molar-refractivity contribution >= 4 is 46.9 Å². The molecule has 0 bridgehead atoms. The van der Waals surface area contributed by atoms with E-state index in [1.807, 2.05) is 135 Å². The lowest BCUT2D eigenvalue weighted by Gasteiger charge is -2.18. The minimum atomic E-state index is -0.566. The number of thioether (sulfide) groups is 1. The Morgan fingerprint density at radius 2 is 1.30 bits per heavy atom. The molecule has 0 saturated heterocycles. The average Bonchev–Trinajstić information content (AvgIpc) is 3.17. The van der Waals surface area contributed by atoms with Gasteiger partial charge in [0.05, 0.1) is 0 Å². The molecule has 8 heteroatoms. The van der Waals surface area contributed by atoms with Crippen LogP contribution in [0.5, 0.6) is 5.75 Å². The van der Waals surface area contributed by atoms with Crippen LogP contribution in [0.3, 0.4) is 0 Å². The minimum Gasteiger partial charge on any atom is -0.489 e. The molecule has 0 heterocycles. The van der Waals surface area contributed by atoms with Crippen molar-refractivity contribution in [3.05, 3.63) is 197 Å². The van der Waals surface area contributed by atoms with Gasteiger partial charge >= 0.3 is 0 Å². The smallest absolute Gasteiger partial charge is 0.272 e. The molecule has 0 aromatic heterocycles. The molecule has 53 heavy (non-hydrogen) atoms. The normalized spacial score (nSPS) is 11.6. The zero-order valence-electron chi connectivity index (χ0n) is 29.4. The molecule has 3 amide bonds. The summed E-state index contributed by atoms with van der Waals surface area (Å²) in [6.07, 6.45) is 1.62. The second-order valence-electron chi connectivity index (χ2n) is 12.5. The average molecular weight is 718 g/mol. The van der Waals surface area contributed by atoms with Gasteiger partial charge in [-0.15, -0.1) is 11.8 Å². The molecule has 7 nitrogen and oxygen atoms in total. The zero-order chi connectivity index (χ0) is 37.0. The van der Waals surface area contributed by atoms with Crippen molar-refractivity contribution in [1.29, 1.82) is 0 Å². The van der Waals surface area contributed by atoms with Crippen molar-refractivity contribution in [2.45, 2.75) is 30.6 Å². The molecule has 6 aromatic carbocycles. The summed E-state index contributed by atoms with van der Waals surface area (Å²) in [5, 5.41) is 8.27. The highest BCUT2D eigenvalue weighted by molar-refractivity contribution is 8.00. The summed E-state index contributed by atoms with van der Waals surface area (Å²) in [5.74, 6) is -0.408. The van der Waals surface area contributed by atoms with Crippen LogP contribution < -0.4 is 20.7 Å². The lowest BCUT2D eigenvalue weighted by molar-refractivity contribution is -0.116. The first-order chi connectivity index (χ1) is 25.8.